The molecular formula is C24H27N3O2S2. The largest absolute Gasteiger partial charge is 0.481 e. The van der Waals surface area contributed by atoms with Crippen LogP contribution < -0.4 is 10.1 Å². The van der Waals surface area contributed by atoms with Gasteiger partial charge in [0.05, 0.1) is 0 Å². The second kappa shape index (κ2) is 11.1. The summed E-state index contributed by atoms with van der Waals surface area (Å²) in [5.74, 6) is 1.59. The number of carbonyl (C=O) groups excluding carboxylic acids is 1. The van der Waals surface area contributed by atoms with E-state index in [-0.39, 0.29) is 5.91 Å². The van der Waals surface area contributed by atoms with Crippen LogP contribution in [-0.4, -0.2) is 28.0 Å². The van der Waals surface area contributed by atoms with Gasteiger partial charge in [-0.15, -0.1) is 10.2 Å². The molecule has 0 saturated heterocycles. The number of aromatic nitrogens is 2. The van der Waals surface area contributed by atoms with Crippen LogP contribution in [0.25, 0.3) is 6.08 Å². The number of nitrogens with zero attached hydrogens (tertiary/aromatic N) is 2. The maximum Gasteiger partial charge on any atom is 0.266 e. The van der Waals surface area contributed by atoms with Crippen LogP contribution in [0.15, 0.2) is 58.9 Å². The van der Waals surface area contributed by atoms with Crippen molar-refractivity contribution in [3.05, 3.63) is 71.3 Å². The lowest BCUT2D eigenvalue weighted by molar-refractivity contribution is -0.122. The molecule has 0 saturated carbocycles. The van der Waals surface area contributed by atoms with Crippen molar-refractivity contribution in [1.82, 2.24) is 10.2 Å². The minimum Gasteiger partial charge on any atom is -0.481 e. The molecule has 0 aliphatic heterocycles. The van der Waals surface area contributed by atoms with E-state index in [1.54, 1.807) is 18.7 Å². The van der Waals surface area contributed by atoms with Crippen molar-refractivity contribution in [3.8, 4) is 5.75 Å². The number of aryl methyl sites for hydroxylation is 1. The maximum absolute atomic E-state index is 12.6. The summed E-state index contributed by atoms with van der Waals surface area (Å²) in [6.07, 6.45) is 3.52. The Morgan fingerprint density at radius 2 is 1.94 bits per heavy atom. The molecule has 1 unspecified atom stereocenters. The van der Waals surface area contributed by atoms with E-state index >= 15 is 0 Å². The summed E-state index contributed by atoms with van der Waals surface area (Å²) in [6, 6.07) is 16.2. The Morgan fingerprint density at radius 3 is 2.68 bits per heavy atom. The summed E-state index contributed by atoms with van der Waals surface area (Å²) >= 11 is 2.94. The second-order valence-electron chi connectivity index (χ2n) is 7.44. The molecule has 1 aromatic heterocycles. The minimum absolute atomic E-state index is 0.243. The third-order valence-corrected chi connectivity index (χ3v) is 6.44. The molecule has 3 aromatic rings. The van der Waals surface area contributed by atoms with Crippen molar-refractivity contribution >= 4 is 40.2 Å². The number of anilines is 1. The van der Waals surface area contributed by atoms with Gasteiger partial charge < -0.3 is 4.74 Å². The SMILES string of the molecule is Cc1ccc(C(C)C)c(OC(C)C(=O)Nc2nnc(SC/C=C/c3ccccc3)s2)c1. The predicted octanol–water partition coefficient (Wildman–Crippen LogP) is 6.18. The molecule has 7 heteroatoms. The van der Waals surface area contributed by atoms with Gasteiger partial charge in [-0.05, 0) is 42.5 Å². The lowest BCUT2D eigenvalue weighted by atomic mass is 10.0. The summed E-state index contributed by atoms with van der Waals surface area (Å²) in [6.45, 7) is 7.97. The highest BCUT2D eigenvalue weighted by Crippen LogP contribution is 2.29. The molecule has 1 heterocycles. The fourth-order valence-electron chi connectivity index (χ4n) is 2.86. The number of rotatable bonds is 9. The van der Waals surface area contributed by atoms with Crippen LogP contribution in [0.5, 0.6) is 5.75 Å². The minimum atomic E-state index is -0.645. The second-order valence-corrected chi connectivity index (χ2v) is 9.69. The van der Waals surface area contributed by atoms with Crippen LogP contribution in [0.2, 0.25) is 0 Å². The molecule has 0 fully saturated rings. The third kappa shape index (κ3) is 6.94. The molecule has 0 aliphatic carbocycles. The smallest absolute Gasteiger partial charge is 0.266 e. The van der Waals surface area contributed by atoms with E-state index in [0.717, 1.165) is 32.5 Å². The quantitative estimate of drug-likeness (QED) is 0.309. The van der Waals surface area contributed by atoms with Gasteiger partial charge in [-0.2, -0.15) is 0 Å². The number of carbonyl (C=O) groups is 1. The van der Waals surface area contributed by atoms with E-state index in [1.165, 1.54) is 11.3 Å². The average molecular weight is 454 g/mol. The van der Waals surface area contributed by atoms with E-state index in [2.05, 4.69) is 65.8 Å². The number of amides is 1. The zero-order valence-corrected chi connectivity index (χ0v) is 19.8. The monoisotopic (exact) mass is 453 g/mol. The normalized spacial score (nSPS) is 12.3. The fourth-order valence-corrected chi connectivity index (χ4v) is 4.45. The van der Waals surface area contributed by atoms with E-state index in [1.807, 2.05) is 31.2 Å². The van der Waals surface area contributed by atoms with Crippen LogP contribution in [0.3, 0.4) is 0 Å². The molecule has 0 aliphatic rings. The van der Waals surface area contributed by atoms with E-state index < -0.39 is 6.10 Å². The first-order chi connectivity index (χ1) is 14.9. The lowest BCUT2D eigenvalue weighted by Crippen LogP contribution is -2.30. The standard InChI is InChI=1S/C24H27N3O2S2/c1-16(2)20-13-12-17(3)15-21(20)29-18(4)22(28)25-23-26-27-24(31-23)30-14-8-11-19-9-6-5-7-10-19/h5-13,15-16,18H,14H2,1-4H3,(H,25,26,28)/b11-8+. The highest BCUT2D eigenvalue weighted by molar-refractivity contribution is 8.01. The van der Waals surface area contributed by atoms with Crippen LogP contribution >= 0.6 is 23.1 Å². The van der Waals surface area contributed by atoms with Gasteiger partial charge in [0.15, 0.2) is 10.4 Å². The molecule has 2 aromatic carbocycles. The van der Waals surface area contributed by atoms with Crippen molar-refractivity contribution in [1.29, 1.82) is 0 Å². The summed E-state index contributed by atoms with van der Waals surface area (Å²) < 4.78 is 6.79. The summed E-state index contributed by atoms with van der Waals surface area (Å²) in [7, 11) is 0. The molecule has 31 heavy (non-hydrogen) atoms. The van der Waals surface area contributed by atoms with Gasteiger partial charge in [0.1, 0.15) is 5.75 Å². The van der Waals surface area contributed by atoms with Gasteiger partial charge in [0, 0.05) is 5.75 Å². The third-order valence-electron chi connectivity index (χ3n) is 4.51. The molecule has 0 spiro atoms. The topological polar surface area (TPSA) is 64.1 Å². The molecule has 3 rings (SSSR count). The highest BCUT2D eigenvalue weighted by Gasteiger charge is 2.19. The van der Waals surface area contributed by atoms with Crippen molar-refractivity contribution in [2.45, 2.75) is 44.1 Å². The molecule has 162 valence electrons. The van der Waals surface area contributed by atoms with Gasteiger partial charge in [0.2, 0.25) is 5.13 Å². The zero-order valence-electron chi connectivity index (χ0n) is 18.2. The highest BCUT2D eigenvalue weighted by atomic mass is 32.2. The van der Waals surface area contributed by atoms with Crippen molar-refractivity contribution in [2.75, 3.05) is 11.1 Å². The number of thioether (sulfide) groups is 1. The Bertz CT molecular complexity index is 1030. The number of hydrogen-bond acceptors (Lipinski definition) is 6. The van der Waals surface area contributed by atoms with E-state index in [4.69, 9.17) is 4.74 Å². The molecule has 0 bridgehead atoms. The van der Waals surface area contributed by atoms with Crippen LogP contribution in [0, 0.1) is 6.92 Å². The van der Waals surface area contributed by atoms with E-state index in [9.17, 15) is 4.79 Å². The first-order valence-corrected chi connectivity index (χ1v) is 12.0. The predicted molar refractivity (Wildman–Crippen MR) is 130 cm³/mol. The molecular weight excluding hydrogens is 426 g/mol. The summed E-state index contributed by atoms with van der Waals surface area (Å²) in [4.78, 5) is 12.6. The molecule has 1 amide bonds. The van der Waals surface area contributed by atoms with Crippen LogP contribution in [-0.2, 0) is 4.79 Å². The number of benzene rings is 2. The molecule has 0 radical (unpaired) electrons. The van der Waals surface area contributed by atoms with Crippen molar-refractivity contribution < 1.29 is 9.53 Å². The van der Waals surface area contributed by atoms with E-state index in [0.29, 0.717) is 11.0 Å². The summed E-state index contributed by atoms with van der Waals surface area (Å²) in [5.41, 5.74) is 3.35. The van der Waals surface area contributed by atoms with Gasteiger partial charge in [-0.25, -0.2) is 0 Å². The maximum atomic E-state index is 12.6. The first kappa shape index (κ1) is 23.0. The van der Waals surface area contributed by atoms with Crippen molar-refractivity contribution in [3.63, 3.8) is 0 Å². The average Bonchev–Trinajstić information content (AvgIpc) is 3.19. The Balaban J connectivity index is 1.52. The van der Waals surface area contributed by atoms with Gasteiger partial charge in [0.25, 0.3) is 5.91 Å². The van der Waals surface area contributed by atoms with Crippen LogP contribution in [0.1, 0.15) is 43.4 Å². The Kier molecular flexibility index (Phi) is 8.26. The van der Waals surface area contributed by atoms with Gasteiger partial charge >= 0.3 is 0 Å². The van der Waals surface area contributed by atoms with Gasteiger partial charge in [-0.1, -0.05) is 91.6 Å². The zero-order chi connectivity index (χ0) is 22.2. The molecule has 1 N–H and O–H groups in total. The lowest BCUT2D eigenvalue weighted by Gasteiger charge is -2.18. The Labute approximate surface area is 192 Å². The summed E-state index contributed by atoms with van der Waals surface area (Å²) in [5, 5.41) is 11.5. The fraction of sp³-hybridized carbons (Fsp3) is 0.292. The number of nitrogens with one attached hydrogen (secondary N) is 1. The van der Waals surface area contributed by atoms with Crippen LogP contribution in [0.4, 0.5) is 5.13 Å². The molecule has 5 nitrogen and oxygen atoms in total. The number of hydrogen-bond donors (Lipinski definition) is 1. The first-order valence-electron chi connectivity index (χ1n) is 10.2. The Morgan fingerprint density at radius 1 is 1.16 bits per heavy atom. The van der Waals surface area contributed by atoms with Gasteiger partial charge in [-0.3, -0.25) is 10.1 Å². The number of ether oxygens (including phenoxy) is 1. The van der Waals surface area contributed by atoms with Crippen molar-refractivity contribution in [2.24, 2.45) is 0 Å². The molecule has 1 atom stereocenters. The Hall–Kier alpha value is -2.64.